The molecule has 0 aliphatic heterocycles. The van der Waals surface area contributed by atoms with Gasteiger partial charge in [-0.15, -0.1) is 0 Å². The van der Waals surface area contributed by atoms with Crippen LogP contribution in [0, 0.1) is 5.92 Å². The van der Waals surface area contributed by atoms with Crippen molar-refractivity contribution in [1.29, 1.82) is 0 Å². The molecule has 1 aromatic carbocycles. The van der Waals surface area contributed by atoms with Gasteiger partial charge in [0.15, 0.2) is 0 Å². The van der Waals surface area contributed by atoms with Gasteiger partial charge in [0.25, 0.3) is 5.91 Å². The predicted molar refractivity (Wildman–Crippen MR) is 98.0 cm³/mol. The zero-order chi connectivity index (χ0) is 17.8. The fourth-order valence-corrected chi connectivity index (χ4v) is 3.87. The van der Waals surface area contributed by atoms with Crippen LogP contribution < -0.4 is 11.1 Å². The third-order valence-corrected chi connectivity index (χ3v) is 5.91. The Kier molecular flexibility index (Phi) is 5.74. The van der Waals surface area contributed by atoms with Crippen molar-refractivity contribution >= 4 is 11.8 Å². The number of benzene rings is 1. The SMILES string of the molecule is CN(C(=O)[C@@H](N)C1CCC(NC(=O)c2ccccc2)CC1)C1CCC1. The molecule has 0 aromatic heterocycles. The van der Waals surface area contributed by atoms with E-state index in [4.69, 9.17) is 5.73 Å². The van der Waals surface area contributed by atoms with Crippen LogP contribution >= 0.6 is 0 Å². The second-order valence-electron chi connectivity index (χ2n) is 7.51. The summed E-state index contributed by atoms with van der Waals surface area (Å²) in [5, 5.41) is 3.11. The lowest BCUT2D eigenvalue weighted by molar-refractivity contribution is -0.136. The van der Waals surface area contributed by atoms with E-state index < -0.39 is 6.04 Å². The minimum Gasteiger partial charge on any atom is -0.349 e. The van der Waals surface area contributed by atoms with E-state index in [0.717, 1.165) is 38.5 Å². The highest BCUT2D eigenvalue weighted by molar-refractivity contribution is 5.94. The van der Waals surface area contributed by atoms with Crippen LogP contribution in [0.2, 0.25) is 0 Å². The van der Waals surface area contributed by atoms with E-state index >= 15 is 0 Å². The lowest BCUT2D eigenvalue weighted by Crippen LogP contribution is -2.52. The Morgan fingerprint density at radius 2 is 1.72 bits per heavy atom. The molecule has 0 bridgehead atoms. The maximum atomic E-state index is 12.6. The van der Waals surface area contributed by atoms with Gasteiger partial charge in [-0.05, 0) is 63.0 Å². The average Bonchev–Trinajstić information content (AvgIpc) is 2.60. The molecule has 2 aliphatic rings. The summed E-state index contributed by atoms with van der Waals surface area (Å²) in [5.41, 5.74) is 6.96. The zero-order valence-corrected chi connectivity index (χ0v) is 15.0. The lowest BCUT2D eigenvalue weighted by Gasteiger charge is -2.38. The lowest BCUT2D eigenvalue weighted by atomic mass is 9.80. The molecule has 2 saturated carbocycles. The van der Waals surface area contributed by atoms with Crippen molar-refractivity contribution in [1.82, 2.24) is 10.2 Å². The first-order chi connectivity index (χ1) is 12.1. The number of carbonyl (C=O) groups is 2. The first-order valence-corrected chi connectivity index (χ1v) is 9.44. The molecule has 0 spiro atoms. The number of nitrogens with one attached hydrogen (secondary N) is 1. The number of likely N-dealkylation sites (N-methyl/N-ethyl adjacent to an activating group) is 1. The van der Waals surface area contributed by atoms with Crippen LogP contribution in [0.5, 0.6) is 0 Å². The highest BCUT2D eigenvalue weighted by Gasteiger charge is 2.34. The minimum atomic E-state index is -0.406. The molecule has 1 atom stereocenters. The van der Waals surface area contributed by atoms with Crippen LogP contribution in [0.4, 0.5) is 0 Å². The van der Waals surface area contributed by atoms with Gasteiger partial charge in [-0.3, -0.25) is 9.59 Å². The van der Waals surface area contributed by atoms with E-state index in [1.807, 2.05) is 42.3 Å². The Balaban J connectivity index is 1.46. The molecule has 5 nitrogen and oxygen atoms in total. The minimum absolute atomic E-state index is 0.0193. The fourth-order valence-electron chi connectivity index (χ4n) is 3.87. The van der Waals surface area contributed by atoms with Gasteiger partial charge in [-0.2, -0.15) is 0 Å². The summed E-state index contributed by atoms with van der Waals surface area (Å²) in [6.45, 7) is 0. The second-order valence-corrected chi connectivity index (χ2v) is 7.51. The molecular formula is C20H29N3O2. The Morgan fingerprint density at radius 3 is 2.28 bits per heavy atom. The summed E-state index contributed by atoms with van der Waals surface area (Å²) in [4.78, 5) is 26.7. The quantitative estimate of drug-likeness (QED) is 0.861. The van der Waals surface area contributed by atoms with Gasteiger partial charge in [-0.25, -0.2) is 0 Å². The molecule has 0 radical (unpaired) electrons. The van der Waals surface area contributed by atoms with Gasteiger partial charge < -0.3 is 16.0 Å². The van der Waals surface area contributed by atoms with Crippen LogP contribution in [0.25, 0.3) is 0 Å². The van der Waals surface area contributed by atoms with Crippen molar-refractivity contribution in [3.05, 3.63) is 35.9 Å². The molecule has 1 aromatic rings. The van der Waals surface area contributed by atoms with E-state index in [1.54, 1.807) is 0 Å². The fraction of sp³-hybridized carbons (Fsp3) is 0.600. The molecule has 2 fully saturated rings. The first kappa shape index (κ1) is 17.9. The average molecular weight is 343 g/mol. The molecular weight excluding hydrogens is 314 g/mol. The maximum absolute atomic E-state index is 12.6. The number of hydrogen-bond acceptors (Lipinski definition) is 3. The molecule has 2 amide bonds. The molecule has 3 rings (SSSR count). The summed E-state index contributed by atoms with van der Waals surface area (Å²) >= 11 is 0. The van der Waals surface area contributed by atoms with Crippen molar-refractivity contribution in [2.45, 2.75) is 63.1 Å². The largest absolute Gasteiger partial charge is 0.349 e. The molecule has 25 heavy (non-hydrogen) atoms. The highest BCUT2D eigenvalue weighted by atomic mass is 16.2. The number of amides is 2. The predicted octanol–water partition coefficient (Wildman–Crippen LogP) is 2.31. The van der Waals surface area contributed by atoms with E-state index in [9.17, 15) is 9.59 Å². The topological polar surface area (TPSA) is 75.4 Å². The van der Waals surface area contributed by atoms with Crippen LogP contribution in [0.15, 0.2) is 30.3 Å². The Labute approximate surface area is 150 Å². The smallest absolute Gasteiger partial charge is 0.251 e. The molecule has 5 heteroatoms. The molecule has 136 valence electrons. The third kappa shape index (κ3) is 4.21. The van der Waals surface area contributed by atoms with Crippen LogP contribution in [-0.4, -0.2) is 41.9 Å². The summed E-state index contributed by atoms with van der Waals surface area (Å²) in [6, 6.07) is 9.45. The number of rotatable bonds is 5. The van der Waals surface area contributed by atoms with Gasteiger partial charge >= 0.3 is 0 Å². The van der Waals surface area contributed by atoms with Gasteiger partial charge in [-0.1, -0.05) is 18.2 Å². The van der Waals surface area contributed by atoms with E-state index in [2.05, 4.69) is 5.32 Å². The highest BCUT2D eigenvalue weighted by Crippen LogP contribution is 2.29. The summed E-state index contributed by atoms with van der Waals surface area (Å²) in [5.74, 6) is 0.288. The molecule has 0 heterocycles. The van der Waals surface area contributed by atoms with Crippen molar-refractivity contribution in [3.63, 3.8) is 0 Å². The summed E-state index contributed by atoms with van der Waals surface area (Å²) in [7, 11) is 1.89. The molecule has 0 unspecified atom stereocenters. The number of nitrogens with zero attached hydrogens (tertiary/aromatic N) is 1. The van der Waals surface area contributed by atoms with Crippen molar-refractivity contribution in [2.75, 3.05) is 7.05 Å². The summed E-state index contributed by atoms with van der Waals surface area (Å²) < 4.78 is 0. The third-order valence-electron chi connectivity index (χ3n) is 5.91. The van der Waals surface area contributed by atoms with Gasteiger partial charge in [0.1, 0.15) is 0 Å². The van der Waals surface area contributed by atoms with E-state index in [-0.39, 0.29) is 23.8 Å². The van der Waals surface area contributed by atoms with E-state index in [0.29, 0.717) is 11.6 Å². The summed E-state index contributed by atoms with van der Waals surface area (Å²) in [6.07, 6.45) is 6.98. The van der Waals surface area contributed by atoms with Crippen LogP contribution in [0.3, 0.4) is 0 Å². The monoisotopic (exact) mass is 343 g/mol. The Bertz CT molecular complexity index is 592. The molecule has 2 aliphatic carbocycles. The van der Waals surface area contributed by atoms with Gasteiger partial charge in [0.05, 0.1) is 6.04 Å². The Morgan fingerprint density at radius 1 is 1.08 bits per heavy atom. The van der Waals surface area contributed by atoms with Gasteiger partial charge in [0.2, 0.25) is 5.91 Å². The standard InChI is InChI=1S/C20H29N3O2/c1-23(17-8-5-9-17)20(25)18(21)14-10-12-16(13-11-14)22-19(24)15-6-3-2-4-7-15/h2-4,6-7,14,16-18H,5,8-13,21H2,1H3,(H,22,24)/t14?,16?,18-/m0/s1. The van der Waals surface area contributed by atoms with Crippen molar-refractivity contribution in [2.24, 2.45) is 11.7 Å². The van der Waals surface area contributed by atoms with Gasteiger partial charge in [0, 0.05) is 24.7 Å². The second kappa shape index (κ2) is 8.00. The van der Waals surface area contributed by atoms with Crippen LogP contribution in [-0.2, 0) is 4.79 Å². The Hall–Kier alpha value is -1.88. The number of nitrogens with two attached hydrogens (primary N) is 1. The molecule has 0 saturated heterocycles. The first-order valence-electron chi connectivity index (χ1n) is 9.44. The number of hydrogen-bond donors (Lipinski definition) is 2. The van der Waals surface area contributed by atoms with Crippen LogP contribution in [0.1, 0.15) is 55.3 Å². The number of carbonyl (C=O) groups excluding carboxylic acids is 2. The van der Waals surface area contributed by atoms with Crippen molar-refractivity contribution in [3.8, 4) is 0 Å². The van der Waals surface area contributed by atoms with E-state index in [1.165, 1.54) is 6.42 Å². The zero-order valence-electron chi connectivity index (χ0n) is 15.0. The normalized spacial score (nSPS) is 24.9. The molecule has 3 N–H and O–H groups in total. The maximum Gasteiger partial charge on any atom is 0.251 e. The van der Waals surface area contributed by atoms with Crippen molar-refractivity contribution < 1.29 is 9.59 Å².